The van der Waals surface area contributed by atoms with Crippen molar-refractivity contribution in [1.29, 1.82) is 0 Å². The highest BCUT2D eigenvalue weighted by atomic mass is 16.5. The fourth-order valence-corrected chi connectivity index (χ4v) is 2.80. The molecule has 1 atom stereocenters. The first kappa shape index (κ1) is 19.4. The summed E-state index contributed by atoms with van der Waals surface area (Å²) in [7, 11) is 0. The summed E-state index contributed by atoms with van der Waals surface area (Å²) in [6.07, 6.45) is 1.71. The number of hydrogen-bond acceptors (Lipinski definition) is 4. The van der Waals surface area contributed by atoms with Gasteiger partial charge in [0.25, 0.3) is 5.91 Å². The SMILES string of the molecule is CC(CCc1ccccc1)NC(=O)CNC(=O)c1cc(-c2ccccc2)on1. The summed E-state index contributed by atoms with van der Waals surface area (Å²) in [6, 6.07) is 21.1. The van der Waals surface area contributed by atoms with Crippen LogP contribution in [0.15, 0.2) is 71.3 Å². The van der Waals surface area contributed by atoms with Gasteiger partial charge in [-0.2, -0.15) is 0 Å². The molecule has 0 saturated heterocycles. The Morgan fingerprint density at radius 3 is 2.43 bits per heavy atom. The maximum Gasteiger partial charge on any atom is 0.273 e. The van der Waals surface area contributed by atoms with Crippen LogP contribution in [0.4, 0.5) is 0 Å². The molecule has 6 heteroatoms. The smallest absolute Gasteiger partial charge is 0.273 e. The van der Waals surface area contributed by atoms with Gasteiger partial charge >= 0.3 is 0 Å². The third-order valence-electron chi connectivity index (χ3n) is 4.33. The van der Waals surface area contributed by atoms with Crippen LogP contribution >= 0.6 is 0 Å². The average Bonchev–Trinajstić information content (AvgIpc) is 3.22. The van der Waals surface area contributed by atoms with Crippen molar-refractivity contribution in [1.82, 2.24) is 15.8 Å². The van der Waals surface area contributed by atoms with Crippen LogP contribution in [-0.4, -0.2) is 29.6 Å². The van der Waals surface area contributed by atoms with Gasteiger partial charge in [0.2, 0.25) is 5.91 Å². The number of carbonyl (C=O) groups is 2. The summed E-state index contributed by atoms with van der Waals surface area (Å²) >= 11 is 0. The van der Waals surface area contributed by atoms with E-state index in [2.05, 4.69) is 27.9 Å². The van der Waals surface area contributed by atoms with Gasteiger partial charge in [-0.05, 0) is 25.3 Å². The van der Waals surface area contributed by atoms with E-state index in [1.807, 2.05) is 55.5 Å². The minimum Gasteiger partial charge on any atom is -0.355 e. The maximum absolute atomic E-state index is 12.2. The number of aromatic nitrogens is 1. The summed E-state index contributed by atoms with van der Waals surface area (Å²) < 4.78 is 5.21. The molecule has 0 aliphatic carbocycles. The zero-order chi connectivity index (χ0) is 19.8. The molecule has 0 aliphatic rings. The Bertz CT molecular complexity index is 907. The van der Waals surface area contributed by atoms with Crippen LogP contribution in [0.3, 0.4) is 0 Å². The first-order valence-electron chi connectivity index (χ1n) is 9.25. The highest BCUT2D eigenvalue weighted by molar-refractivity contribution is 5.95. The zero-order valence-electron chi connectivity index (χ0n) is 15.7. The van der Waals surface area contributed by atoms with Crippen LogP contribution in [0, 0.1) is 0 Å². The highest BCUT2D eigenvalue weighted by Gasteiger charge is 2.15. The summed E-state index contributed by atoms with van der Waals surface area (Å²) in [4.78, 5) is 24.2. The molecule has 144 valence electrons. The lowest BCUT2D eigenvalue weighted by Gasteiger charge is -2.14. The molecule has 2 N–H and O–H groups in total. The summed E-state index contributed by atoms with van der Waals surface area (Å²) in [5.41, 5.74) is 2.21. The Balaban J connectivity index is 1.43. The normalized spacial score (nSPS) is 11.6. The molecule has 3 rings (SSSR count). The number of nitrogens with zero attached hydrogens (tertiary/aromatic N) is 1. The van der Waals surface area contributed by atoms with Gasteiger partial charge in [-0.15, -0.1) is 0 Å². The van der Waals surface area contributed by atoms with Crippen LogP contribution < -0.4 is 10.6 Å². The summed E-state index contributed by atoms with van der Waals surface area (Å²) in [5.74, 6) is -0.177. The van der Waals surface area contributed by atoms with E-state index >= 15 is 0 Å². The first-order valence-corrected chi connectivity index (χ1v) is 9.25. The number of rotatable bonds is 8. The van der Waals surface area contributed by atoms with Crippen molar-refractivity contribution in [2.75, 3.05) is 6.54 Å². The van der Waals surface area contributed by atoms with Gasteiger partial charge in [-0.25, -0.2) is 0 Å². The molecule has 2 amide bonds. The van der Waals surface area contributed by atoms with Gasteiger partial charge in [-0.1, -0.05) is 65.8 Å². The van der Waals surface area contributed by atoms with E-state index in [0.717, 1.165) is 18.4 Å². The molecule has 0 fully saturated rings. The fraction of sp³-hybridized carbons (Fsp3) is 0.227. The highest BCUT2D eigenvalue weighted by Crippen LogP contribution is 2.19. The fourth-order valence-electron chi connectivity index (χ4n) is 2.80. The van der Waals surface area contributed by atoms with Crippen molar-refractivity contribution in [3.05, 3.63) is 78.0 Å². The lowest BCUT2D eigenvalue weighted by atomic mass is 10.1. The van der Waals surface area contributed by atoms with Gasteiger partial charge in [0.1, 0.15) is 0 Å². The van der Waals surface area contributed by atoms with Crippen molar-refractivity contribution < 1.29 is 14.1 Å². The zero-order valence-corrected chi connectivity index (χ0v) is 15.7. The van der Waals surface area contributed by atoms with E-state index in [-0.39, 0.29) is 24.2 Å². The van der Waals surface area contributed by atoms with Gasteiger partial charge in [0, 0.05) is 17.7 Å². The minimum atomic E-state index is -0.446. The third kappa shape index (κ3) is 5.54. The van der Waals surface area contributed by atoms with Crippen LogP contribution in [0.1, 0.15) is 29.4 Å². The number of benzene rings is 2. The van der Waals surface area contributed by atoms with Crippen molar-refractivity contribution in [2.24, 2.45) is 0 Å². The lowest BCUT2D eigenvalue weighted by Crippen LogP contribution is -2.41. The van der Waals surface area contributed by atoms with E-state index in [0.29, 0.717) is 5.76 Å². The van der Waals surface area contributed by atoms with Crippen LogP contribution in [0.25, 0.3) is 11.3 Å². The molecule has 0 bridgehead atoms. The summed E-state index contributed by atoms with van der Waals surface area (Å²) in [5, 5.41) is 9.24. The lowest BCUT2D eigenvalue weighted by molar-refractivity contribution is -0.120. The second kappa shape index (κ2) is 9.50. The van der Waals surface area contributed by atoms with Crippen LogP contribution in [0.5, 0.6) is 0 Å². The monoisotopic (exact) mass is 377 g/mol. The van der Waals surface area contributed by atoms with E-state index < -0.39 is 5.91 Å². The van der Waals surface area contributed by atoms with Gasteiger partial charge in [-0.3, -0.25) is 9.59 Å². The van der Waals surface area contributed by atoms with Crippen molar-refractivity contribution >= 4 is 11.8 Å². The van der Waals surface area contributed by atoms with E-state index in [1.54, 1.807) is 6.07 Å². The molecular weight excluding hydrogens is 354 g/mol. The van der Waals surface area contributed by atoms with Gasteiger partial charge in [0.05, 0.1) is 6.54 Å². The molecule has 0 spiro atoms. The minimum absolute atomic E-state index is 0.0151. The standard InChI is InChI=1S/C22H23N3O3/c1-16(12-13-17-8-4-2-5-9-17)24-21(26)15-23-22(27)19-14-20(28-25-19)18-10-6-3-7-11-18/h2-11,14,16H,12-13,15H2,1H3,(H,23,27)(H,24,26). The number of hydrogen-bond donors (Lipinski definition) is 2. The van der Waals surface area contributed by atoms with E-state index in [1.165, 1.54) is 5.56 Å². The van der Waals surface area contributed by atoms with E-state index in [9.17, 15) is 9.59 Å². The second-order valence-electron chi connectivity index (χ2n) is 6.62. The molecule has 0 radical (unpaired) electrons. The molecule has 3 aromatic rings. The molecule has 28 heavy (non-hydrogen) atoms. The van der Waals surface area contributed by atoms with Crippen LogP contribution in [0.2, 0.25) is 0 Å². The second-order valence-corrected chi connectivity index (χ2v) is 6.62. The first-order chi connectivity index (χ1) is 13.6. The Morgan fingerprint density at radius 1 is 1.04 bits per heavy atom. The quantitative estimate of drug-likeness (QED) is 0.631. The van der Waals surface area contributed by atoms with Gasteiger partial charge < -0.3 is 15.2 Å². The molecule has 6 nitrogen and oxygen atoms in total. The molecule has 1 heterocycles. The van der Waals surface area contributed by atoms with Gasteiger partial charge in [0.15, 0.2) is 11.5 Å². The number of carbonyl (C=O) groups excluding carboxylic acids is 2. The number of amides is 2. The topological polar surface area (TPSA) is 84.2 Å². The average molecular weight is 377 g/mol. The largest absolute Gasteiger partial charge is 0.355 e. The summed E-state index contributed by atoms with van der Waals surface area (Å²) in [6.45, 7) is 1.84. The predicted octanol–water partition coefficient (Wildman–Crippen LogP) is 3.21. The number of nitrogens with one attached hydrogen (secondary N) is 2. The Kier molecular flexibility index (Phi) is 6.57. The molecular formula is C22H23N3O3. The van der Waals surface area contributed by atoms with Crippen molar-refractivity contribution in [3.63, 3.8) is 0 Å². The molecule has 2 aromatic carbocycles. The molecule has 1 unspecified atom stereocenters. The third-order valence-corrected chi connectivity index (χ3v) is 4.33. The Morgan fingerprint density at radius 2 is 1.71 bits per heavy atom. The maximum atomic E-state index is 12.2. The molecule has 1 aromatic heterocycles. The van der Waals surface area contributed by atoms with Crippen LogP contribution in [-0.2, 0) is 11.2 Å². The van der Waals surface area contributed by atoms with Crippen molar-refractivity contribution in [2.45, 2.75) is 25.8 Å². The number of aryl methyl sites for hydroxylation is 1. The molecule has 0 aliphatic heterocycles. The molecule has 0 saturated carbocycles. The van der Waals surface area contributed by atoms with E-state index in [4.69, 9.17) is 4.52 Å². The predicted molar refractivity (Wildman–Crippen MR) is 107 cm³/mol. The van der Waals surface area contributed by atoms with Crippen molar-refractivity contribution in [3.8, 4) is 11.3 Å². The Hall–Kier alpha value is -3.41. The Labute approximate surface area is 163 Å².